The molecule has 0 aliphatic carbocycles. The maximum Gasteiger partial charge on any atom is 1.00 e. The maximum atomic E-state index is 13.6. The number of rotatable bonds is 27. The quantitative estimate of drug-likeness (QED) is 0.00367. The number of halogens is 12. The Kier molecular flexibility index (Phi) is 47.3. The molecule has 23 nitrogen and oxygen atoms in total. The smallest absolute Gasteiger partial charge is 0.426 e. The molecular weight excluding hydrogens is 1570 g/mol. The van der Waals surface area contributed by atoms with E-state index in [2.05, 4.69) is 51.6 Å². The molecule has 4 heterocycles. The average Bonchev–Trinajstić information content (AvgIpc) is 1.02. The first-order chi connectivity index (χ1) is 52.3. The number of amidine groups is 2. The number of carbonyl (C=O) groups is 4. The van der Waals surface area contributed by atoms with Gasteiger partial charge in [-0.25, -0.2) is 55.8 Å². The summed E-state index contributed by atoms with van der Waals surface area (Å²) < 4.78 is 172. The zero-order valence-corrected chi connectivity index (χ0v) is 69.9. The average molecular weight is 1660 g/mol. The first-order valence-electron chi connectivity index (χ1n) is 34.2. The van der Waals surface area contributed by atoms with Crippen molar-refractivity contribution in [1.29, 1.82) is 0 Å². The number of hydrogen-bond donors (Lipinski definition) is 6. The molecule has 0 aromatic heterocycles. The van der Waals surface area contributed by atoms with Gasteiger partial charge in [0.15, 0.2) is 20.2 Å². The number of nitrogens with one attached hydrogen (secondary N) is 4. The normalized spacial score (nSPS) is 19.3. The number of carbonyl (C=O) groups excluding carboxylic acids is 4. The molecule has 10 rings (SSSR count). The minimum absolute atomic E-state index is 0. The van der Waals surface area contributed by atoms with E-state index in [0.717, 1.165) is 16.7 Å². The van der Waals surface area contributed by atoms with Crippen LogP contribution in [0.5, 0.6) is 0 Å². The van der Waals surface area contributed by atoms with Crippen LogP contribution in [0, 0.1) is 24.3 Å². The van der Waals surface area contributed by atoms with E-state index >= 15 is 0 Å². The van der Waals surface area contributed by atoms with Crippen molar-refractivity contribution in [2.24, 2.45) is 26.8 Å². The Morgan fingerprint density at radius 3 is 1.34 bits per heavy atom. The fourth-order valence-electron chi connectivity index (χ4n) is 11.4. The summed E-state index contributed by atoms with van der Waals surface area (Å²) in [4.78, 5) is 52.8. The summed E-state index contributed by atoms with van der Waals surface area (Å²) in [5, 5.41) is 14.7. The molecule has 3 fully saturated rings. The van der Waals surface area contributed by atoms with Crippen molar-refractivity contribution in [3.8, 4) is 0 Å². The molecule has 0 saturated carbocycles. The van der Waals surface area contributed by atoms with E-state index in [1.807, 2.05) is 11.8 Å². The van der Waals surface area contributed by atoms with Gasteiger partial charge >= 0.3 is 109 Å². The number of alkyl halides is 7. The zero-order valence-electron chi connectivity index (χ0n) is 63.1. The number of ether oxygens (including phenoxy) is 6. The van der Waals surface area contributed by atoms with Crippen LogP contribution in [-0.4, -0.2) is 129 Å². The van der Waals surface area contributed by atoms with Gasteiger partial charge in [0.2, 0.25) is 17.7 Å². The second-order valence-electron chi connectivity index (χ2n) is 24.4. The second-order valence-corrected chi connectivity index (χ2v) is 24.7. The third-order valence-corrected chi connectivity index (χ3v) is 16.6. The van der Waals surface area contributed by atoms with Gasteiger partial charge in [-0.1, -0.05) is 91.0 Å². The third-order valence-electron chi connectivity index (χ3n) is 16.3. The van der Waals surface area contributed by atoms with Gasteiger partial charge in [-0.3, -0.25) is 29.0 Å². The molecule has 0 bridgehead atoms. The van der Waals surface area contributed by atoms with Gasteiger partial charge in [0.05, 0.1) is 80.8 Å². The van der Waals surface area contributed by atoms with E-state index in [1.54, 1.807) is 86.6 Å². The number of hydrogen-bond acceptors (Lipinski definition) is 18. The Labute approximate surface area is 734 Å². The summed E-state index contributed by atoms with van der Waals surface area (Å²) in [6.45, 7) is 7.06. The topological polar surface area (TPSA) is 286 Å². The summed E-state index contributed by atoms with van der Waals surface area (Å²) in [6, 6.07) is 31.5. The standard InChI is InChI=1S/C24H29F3N4O3.C24H26F3N3O3.C20H22F3NO2.C4H8ClN3O.C2H2FO3.ClH.2K/c1-15(20-10-17(12-25)9-18(11-20)13-26)34-24-23(19-3-5-21(27)6-4-19)31(7-8-33-24)14-22(28)30-29-16(2)32;1-15(19-9-16(12-25)8-17(10-19)13-26)33-24-23(18-2-4-20(27)5-3-18)30(6-7-32-24)14-21-11-22(31)29-28-21;1-13(17-9-14(11-21)8-15(10-17)12-22)26-20-19(24-6-7-25-20)16-2-4-18(23)5-3-16;1-3(9)7-8-4(6)2-5;3-1-5-6-2-4;;;/h3-6,9-11,15,23-24H,7-8,12-14H2,1-2H3,(H2,28,30)(H,29,32);2-5,8-10,15,23-24H,6-7,11-14H2,1H3,(H,29,31);2-5,8-10,13,19-20,24H,6-7,11-12H2,1H3;2H2,1H3,(H2,6,8)(H,7,9);1-2H;1H;;/q;;;;-1;;2*+1/t2*15-,23+,24-;13-,19+,20-;;;;;/m111...../s1/i;;;;2D;;;. The monoisotopic (exact) mass is 1660 g/mol. The van der Waals surface area contributed by atoms with Crippen molar-refractivity contribution >= 4 is 65.6 Å². The molecule has 9 atom stereocenters. The first kappa shape index (κ1) is 97.9. The Bertz CT molecular complexity index is 3900. The second kappa shape index (κ2) is 53.7. The zero-order chi connectivity index (χ0) is 79.5. The van der Waals surface area contributed by atoms with Crippen LogP contribution in [0.25, 0.3) is 0 Å². The Morgan fingerprint density at radius 2 is 0.991 bits per heavy atom. The fourth-order valence-corrected chi connectivity index (χ4v) is 11.4. The Balaban J connectivity index is 0.000000393. The minimum atomic E-state index is -1.44. The van der Waals surface area contributed by atoms with Gasteiger partial charge in [0, 0.05) is 40.0 Å². The van der Waals surface area contributed by atoms with Gasteiger partial charge in [-0.2, -0.15) is 15.3 Å². The van der Waals surface area contributed by atoms with Crippen LogP contribution in [0.3, 0.4) is 0 Å². The number of hydrazone groups is 3. The van der Waals surface area contributed by atoms with Crippen molar-refractivity contribution in [1.82, 2.24) is 31.4 Å². The summed E-state index contributed by atoms with van der Waals surface area (Å²) in [6.07, 6.45) is -4.80. The summed E-state index contributed by atoms with van der Waals surface area (Å²) in [5.74, 6) is -1.31. The largest absolute Gasteiger partial charge is 1.00 e. The van der Waals surface area contributed by atoms with Crippen LogP contribution in [0.1, 0.15) is 146 Å². The van der Waals surface area contributed by atoms with Crippen molar-refractivity contribution < 1.29 is 205 Å². The molecule has 596 valence electrons. The predicted molar refractivity (Wildman–Crippen MR) is 387 cm³/mol. The molecule has 3 saturated heterocycles. The van der Waals surface area contributed by atoms with E-state index in [-0.39, 0.29) is 194 Å². The molecule has 6 aromatic rings. The molecule has 0 radical (unpaired) electrons. The Hall–Kier alpha value is -5.44. The van der Waals surface area contributed by atoms with Crippen molar-refractivity contribution in [3.63, 3.8) is 0 Å². The van der Waals surface area contributed by atoms with Crippen molar-refractivity contribution in [3.05, 3.63) is 218 Å². The fraction of sp³-hybridized carbons (Fsp3) is 0.405. The van der Waals surface area contributed by atoms with E-state index in [4.69, 9.17) is 52.9 Å². The van der Waals surface area contributed by atoms with Crippen LogP contribution in [0.2, 0.25) is 0 Å². The third kappa shape index (κ3) is 34.1. The van der Waals surface area contributed by atoms with E-state index in [9.17, 15) is 63.1 Å². The molecule has 4 aliphatic rings. The Morgan fingerprint density at radius 1 is 0.622 bits per heavy atom. The molecular formula is C74H88Cl2F10K2N11O12+. The number of amides is 3. The predicted octanol–water partition coefficient (Wildman–Crippen LogP) is 6.54. The van der Waals surface area contributed by atoms with Gasteiger partial charge in [0.25, 0.3) is 0 Å². The summed E-state index contributed by atoms with van der Waals surface area (Å²) in [7, 11) is 0. The van der Waals surface area contributed by atoms with Crippen LogP contribution < -0.4 is 136 Å². The number of nitrogens with zero attached hydrogens (tertiary/aromatic N) is 5. The number of morpholine rings is 3. The van der Waals surface area contributed by atoms with Crippen LogP contribution in [0.15, 0.2) is 143 Å². The summed E-state index contributed by atoms with van der Waals surface area (Å²) in [5.41, 5.74) is 25.4. The maximum absolute atomic E-state index is 13.6. The van der Waals surface area contributed by atoms with E-state index < -0.39 is 95.8 Å². The van der Waals surface area contributed by atoms with Crippen LogP contribution >= 0.6 is 24.0 Å². The van der Waals surface area contributed by atoms with Gasteiger partial charge in [0.1, 0.15) is 69.2 Å². The molecule has 111 heavy (non-hydrogen) atoms. The number of benzene rings is 6. The van der Waals surface area contributed by atoms with Crippen LogP contribution in [-0.2, 0) is 97.4 Å². The molecule has 4 aliphatic heterocycles. The first-order valence-corrected chi connectivity index (χ1v) is 34.2. The van der Waals surface area contributed by atoms with Gasteiger partial charge in [-0.05, 0) is 131 Å². The van der Waals surface area contributed by atoms with Gasteiger partial charge < -0.3 is 59.4 Å². The molecule has 3 amide bonds. The number of nitrogens with two attached hydrogens (primary N) is 2. The minimum Gasteiger partial charge on any atom is -0.426 e. The molecule has 6 aromatic carbocycles. The van der Waals surface area contributed by atoms with Crippen molar-refractivity contribution in [2.75, 3.05) is 58.4 Å². The van der Waals surface area contributed by atoms with E-state index in [1.165, 1.54) is 68.4 Å². The SMILES string of the molecule is CC(=O)N/N=C(\N)CCl.CC(=O)N/N=C(\N)CN1CCO[C@H](O[C@H](C)c2cc(CF)cc(CF)c2)[C@@H]1c1ccc(F)cc1.C[C@@H](O[C@H]1OCCN(CC2=NNC(=O)C2)[C@H]1c1ccc(F)cc1)c1cc(CF)cc(CF)c1.C[C@@H](O[C@H]1OCCN[C@H]1c1ccc(F)cc1)c1cc(CF)cc(CF)c1.Cl.[2H]C(=O)OO[CH-]F.[K+].[K+]. The molecule has 8 N–H and O–H groups in total. The molecule has 37 heteroatoms. The summed E-state index contributed by atoms with van der Waals surface area (Å²) >= 11 is 5.23. The van der Waals surface area contributed by atoms with Gasteiger partial charge in [-0.15, -0.1) is 24.0 Å². The molecule has 0 unspecified atom stereocenters. The van der Waals surface area contributed by atoms with E-state index in [0.29, 0.717) is 102 Å². The van der Waals surface area contributed by atoms with Crippen molar-refractivity contribution in [2.45, 2.75) is 136 Å². The van der Waals surface area contributed by atoms with Crippen LogP contribution in [0.4, 0.5) is 43.9 Å². The molecule has 0 spiro atoms.